The lowest BCUT2D eigenvalue weighted by Crippen LogP contribution is -2.62. The predicted molar refractivity (Wildman–Crippen MR) is 375 cm³/mol. The molecule has 14 atom stereocenters. The highest BCUT2D eigenvalue weighted by Crippen LogP contribution is 2.41. The molecular formula is C71H125N3O30. The molecule has 33 heteroatoms. The van der Waals surface area contributed by atoms with Crippen LogP contribution in [0.25, 0.3) is 0 Å². The minimum atomic E-state index is -2.20. The first-order valence-corrected chi connectivity index (χ1v) is 36.0. The third-order valence-corrected chi connectivity index (χ3v) is 16.9. The van der Waals surface area contributed by atoms with E-state index in [9.17, 15) is 70.6 Å². The maximum Gasteiger partial charge on any atom is 0.248 e. The number of hydrogen-bond acceptors (Lipinski definition) is 31. The van der Waals surface area contributed by atoms with Gasteiger partial charge in [-0.25, -0.2) is 0 Å². The number of ether oxygens (including phenoxy) is 16. The number of aliphatic hydroxyl groups excluding tert-OH is 11. The van der Waals surface area contributed by atoms with E-state index in [0.717, 1.165) is 24.0 Å². The monoisotopic (exact) mass is 1500 g/mol. The number of aliphatic hydroxyl groups is 11. The Labute approximate surface area is 612 Å². The van der Waals surface area contributed by atoms with E-state index in [4.69, 9.17) is 75.8 Å². The van der Waals surface area contributed by atoms with Gasteiger partial charge >= 0.3 is 0 Å². The number of ketones is 1. The Morgan fingerprint density at radius 1 is 0.577 bits per heavy atom. The van der Waals surface area contributed by atoms with Crippen molar-refractivity contribution >= 4 is 17.6 Å². The Morgan fingerprint density at radius 3 is 1.55 bits per heavy atom. The number of rotatable bonds is 62. The van der Waals surface area contributed by atoms with Crippen molar-refractivity contribution in [2.75, 3.05) is 212 Å². The average Bonchev–Trinajstić information content (AvgIpc) is 0.815. The quantitative estimate of drug-likeness (QED) is 0.0173. The van der Waals surface area contributed by atoms with Gasteiger partial charge in [0.25, 0.3) is 0 Å². The van der Waals surface area contributed by atoms with Crippen LogP contribution in [-0.4, -0.2) is 376 Å². The third kappa shape index (κ3) is 40.0. The van der Waals surface area contributed by atoms with Gasteiger partial charge in [-0.3, -0.25) is 14.4 Å². The second-order valence-corrected chi connectivity index (χ2v) is 25.8. The molecule has 33 nitrogen and oxygen atoms in total. The molecule has 604 valence electrons. The molecule has 3 rings (SSSR count). The number of allylic oxidation sites excluding steroid dienone is 9. The molecule has 2 amide bonds. The molecule has 1 aliphatic carbocycles. The Bertz CT molecular complexity index is 2420. The first kappa shape index (κ1) is 94.4. The molecular weight excluding hydrogens is 1370 g/mol. The van der Waals surface area contributed by atoms with Crippen LogP contribution in [0, 0.1) is 5.41 Å². The summed E-state index contributed by atoms with van der Waals surface area (Å²) in [4.78, 5) is 40.9. The van der Waals surface area contributed by atoms with Crippen molar-refractivity contribution in [2.24, 2.45) is 5.41 Å². The molecule has 0 saturated carbocycles. The van der Waals surface area contributed by atoms with Gasteiger partial charge in [-0.05, 0) is 82.5 Å². The zero-order chi connectivity index (χ0) is 76.3. The molecule has 2 aliphatic heterocycles. The number of hydrogen-bond donors (Lipinski definition) is 13. The van der Waals surface area contributed by atoms with Gasteiger partial charge in [0.1, 0.15) is 79.9 Å². The van der Waals surface area contributed by atoms with Crippen molar-refractivity contribution in [3.63, 3.8) is 0 Å². The Morgan fingerprint density at radius 2 is 1.05 bits per heavy atom. The van der Waals surface area contributed by atoms with Crippen molar-refractivity contribution in [1.82, 2.24) is 15.5 Å². The van der Waals surface area contributed by atoms with Gasteiger partial charge in [0.15, 0.2) is 18.4 Å². The molecule has 0 radical (unpaired) electrons. The van der Waals surface area contributed by atoms with Crippen LogP contribution in [0.4, 0.5) is 0 Å². The normalized spacial score (nSPS) is 23.8. The minimum Gasteiger partial charge on any atom is -0.394 e. The summed E-state index contributed by atoms with van der Waals surface area (Å²) in [6.07, 6.45) is -10.3. The summed E-state index contributed by atoms with van der Waals surface area (Å²) in [6, 6.07) is 0. The highest BCUT2D eigenvalue weighted by atomic mass is 16.7. The zero-order valence-corrected chi connectivity index (χ0v) is 61.8. The summed E-state index contributed by atoms with van der Waals surface area (Å²) in [6.45, 7) is 18.6. The van der Waals surface area contributed by atoms with Crippen molar-refractivity contribution in [1.29, 1.82) is 0 Å². The first-order valence-electron chi connectivity index (χ1n) is 36.0. The fourth-order valence-corrected chi connectivity index (χ4v) is 10.7. The maximum absolute atomic E-state index is 13.5. The van der Waals surface area contributed by atoms with E-state index >= 15 is 0 Å². The second kappa shape index (κ2) is 57.3. The zero-order valence-electron chi connectivity index (χ0n) is 61.8. The molecule has 104 heavy (non-hydrogen) atoms. The molecule has 0 aromatic carbocycles. The predicted octanol–water partition coefficient (Wildman–Crippen LogP) is -2.29. The maximum atomic E-state index is 13.5. The van der Waals surface area contributed by atoms with Crippen LogP contribution in [0.2, 0.25) is 0 Å². The van der Waals surface area contributed by atoms with Gasteiger partial charge in [0, 0.05) is 39.2 Å². The fourth-order valence-electron chi connectivity index (χ4n) is 10.7. The van der Waals surface area contributed by atoms with Crippen LogP contribution in [-0.2, 0) is 90.2 Å². The lowest BCUT2D eigenvalue weighted by Gasteiger charge is -2.42. The van der Waals surface area contributed by atoms with Crippen molar-refractivity contribution < 1.29 is 146 Å². The van der Waals surface area contributed by atoms with Crippen LogP contribution in [0.1, 0.15) is 73.1 Å². The van der Waals surface area contributed by atoms with Crippen LogP contribution in [0.5, 0.6) is 0 Å². The first-order chi connectivity index (χ1) is 50.0. The van der Waals surface area contributed by atoms with Gasteiger partial charge in [0.05, 0.1) is 165 Å². The summed E-state index contributed by atoms with van der Waals surface area (Å²) in [5, 5.41) is 120. The highest BCUT2D eigenvalue weighted by Gasteiger charge is 2.48. The van der Waals surface area contributed by atoms with E-state index in [1.807, 2.05) is 32.1 Å². The molecule has 0 aromatic rings. The molecule has 0 bridgehead atoms. The summed E-state index contributed by atoms with van der Waals surface area (Å²) < 4.78 is 87.1. The van der Waals surface area contributed by atoms with E-state index in [1.54, 1.807) is 12.0 Å². The van der Waals surface area contributed by atoms with E-state index < -0.39 is 111 Å². The standard InChI is InChI=1S/C71H125N3O30/c1-50(15-16-53-52(3)13-8-17-71(53,4)5)11-7-12-51(2)45-58(78)73-20-22-74(59(79)49-100-44-43-99-42-41-98-40-39-97-38-37-96-36-35-95-34-33-94-32-31-93-30-29-92-28-27-91-26-25-90-24-23-89-6)21-10-19-72-18-9-14-54(76)60(80)64(84)61(81)55(77)47-101-69-68(88)66(86)63(83)57(104-69)48-102-70-67(87)65(85)62(82)56(46-75)103-70/h7,11-12,15-16,45,55-57,60-70,72,75,77,80-88H,8-10,13-14,17-44,46-49H2,1-6H3,(H,73,78)/b12-7+,16-15+,50-11+,51-45+/t55-,56-,57-,60+,61-,62-,63-,64-,65+,66+,67-,68-,69+,70+/m1/s1. The number of nitrogens with one attached hydrogen (secondary N) is 2. The second-order valence-electron chi connectivity index (χ2n) is 25.8. The number of methoxy groups -OCH3 is 1. The number of Topliss-reactive ketones (excluding diaryl/α,β-unsaturated/α-hetero) is 1. The lowest BCUT2D eigenvalue weighted by atomic mass is 9.72. The molecule has 0 aromatic heterocycles. The summed E-state index contributed by atoms with van der Waals surface area (Å²) in [5.74, 6) is -1.51. The molecule has 13 N–H and O–H groups in total. The van der Waals surface area contributed by atoms with E-state index in [0.29, 0.717) is 145 Å². The van der Waals surface area contributed by atoms with E-state index in [1.165, 1.54) is 23.6 Å². The number of carbonyl (C=O) groups excluding carboxylic acids is 3. The number of amides is 2. The Kier molecular flexibility index (Phi) is 52.0. The van der Waals surface area contributed by atoms with Crippen LogP contribution in [0.15, 0.2) is 58.7 Å². The molecule has 0 unspecified atom stereocenters. The van der Waals surface area contributed by atoms with Gasteiger partial charge in [0.2, 0.25) is 11.8 Å². The Hall–Kier alpha value is -3.81. The topological polar surface area (TPSA) is 449 Å². The Balaban J connectivity index is 1.32. The number of carbonyl (C=O) groups is 3. The SMILES string of the molecule is COCCOCCOCCOCCOCCOCCOCCOCCOCCOCCOCCOCC(=O)N(CCCNCCCC(=O)[C@H](O)[C@@H](O)[C@H](O)[C@H](O)CO[C@H]1O[C@H](CO[C@H]2O[C@H](CO)[C@@H](O)[C@H](O)[C@H]2O)[C@@H](O)[C@H](O)[C@H]1O)CCNC(=O)/C=C(C)/C=C/C=C(C)/C=C/C1=C(C)CCCC1(C)C. The summed E-state index contributed by atoms with van der Waals surface area (Å²) >= 11 is 0. The molecule has 2 saturated heterocycles. The van der Waals surface area contributed by atoms with Crippen molar-refractivity contribution in [2.45, 2.75) is 159 Å². The van der Waals surface area contributed by atoms with Crippen molar-refractivity contribution in [3.05, 3.63) is 58.7 Å². The van der Waals surface area contributed by atoms with Crippen LogP contribution >= 0.6 is 0 Å². The smallest absolute Gasteiger partial charge is 0.248 e. The van der Waals surface area contributed by atoms with Gasteiger partial charge in [-0.15, -0.1) is 0 Å². The third-order valence-electron chi connectivity index (χ3n) is 16.9. The van der Waals surface area contributed by atoms with Gasteiger partial charge in [-0.1, -0.05) is 55.4 Å². The minimum absolute atomic E-state index is 0.134. The molecule has 0 spiro atoms. The highest BCUT2D eigenvalue weighted by molar-refractivity contribution is 5.88. The summed E-state index contributed by atoms with van der Waals surface area (Å²) in [7, 11) is 1.63. The fraction of sp³-hybridized carbons (Fsp3) is 0.817. The number of nitrogens with zero attached hydrogens (tertiary/aromatic N) is 1. The molecule has 3 aliphatic rings. The summed E-state index contributed by atoms with van der Waals surface area (Å²) in [5.41, 5.74) is 4.73. The average molecular weight is 1500 g/mol. The lowest BCUT2D eigenvalue weighted by molar-refractivity contribution is -0.333. The van der Waals surface area contributed by atoms with Crippen molar-refractivity contribution in [3.8, 4) is 0 Å². The van der Waals surface area contributed by atoms with E-state index in [-0.39, 0.29) is 76.1 Å². The van der Waals surface area contributed by atoms with E-state index in [2.05, 4.69) is 43.6 Å². The largest absolute Gasteiger partial charge is 0.394 e. The van der Waals surface area contributed by atoms with Crippen LogP contribution in [0.3, 0.4) is 0 Å². The molecule has 2 fully saturated rings. The molecule has 2 heterocycles. The van der Waals surface area contributed by atoms with Crippen LogP contribution < -0.4 is 10.6 Å². The van der Waals surface area contributed by atoms with Gasteiger partial charge in [-0.2, -0.15) is 0 Å². The van der Waals surface area contributed by atoms with Gasteiger partial charge < -0.3 is 147 Å².